The number of hydrogen-bond acceptors (Lipinski definition) is 6. The minimum atomic E-state index is -0.630. The summed E-state index contributed by atoms with van der Waals surface area (Å²) in [5, 5.41) is 13.2. The Morgan fingerprint density at radius 2 is 2.32 bits per heavy atom. The van der Waals surface area contributed by atoms with Crippen molar-refractivity contribution < 1.29 is 23.9 Å². The number of nitrogens with zero attached hydrogens (tertiary/aromatic N) is 3. The molecule has 0 atom stereocenters. The number of carbonyl (C=O) groups excluding carboxylic acids is 1. The fraction of sp³-hybridized carbons (Fsp3) is 0.182. The van der Waals surface area contributed by atoms with Crippen molar-refractivity contribution in [2.75, 3.05) is 13.7 Å². The molecule has 2 aromatic rings. The molecule has 0 saturated heterocycles. The molecule has 1 N–H and O–H groups in total. The van der Waals surface area contributed by atoms with Crippen molar-refractivity contribution >= 4 is 5.97 Å². The van der Waals surface area contributed by atoms with Crippen LogP contribution in [0.15, 0.2) is 24.4 Å². The van der Waals surface area contributed by atoms with E-state index in [9.17, 15) is 14.4 Å². The second-order valence-electron chi connectivity index (χ2n) is 3.49. The van der Waals surface area contributed by atoms with Crippen LogP contribution in [0.3, 0.4) is 0 Å². The highest BCUT2D eigenvalue weighted by Gasteiger charge is 2.12. The van der Waals surface area contributed by atoms with E-state index < -0.39 is 11.9 Å². The van der Waals surface area contributed by atoms with Crippen molar-refractivity contribution in [2.45, 2.75) is 0 Å². The number of carbonyl (C=O) groups is 1. The summed E-state index contributed by atoms with van der Waals surface area (Å²) in [5.74, 6) is -1.17. The Bertz CT molecular complexity index is 582. The maximum absolute atomic E-state index is 12.7. The van der Waals surface area contributed by atoms with E-state index in [4.69, 9.17) is 4.74 Å². The SMILES string of the molecule is COC(=O)COc1cc(-c2ccc(F)nc2)n(O)n1. The van der Waals surface area contributed by atoms with Gasteiger partial charge in [-0.2, -0.15) is 4.39 Å². The summed E-state index contributed by atoms with van der Waals surface area (Å²) in [5.41, 5.74) is 0.705. The third-order valence-corrected chi connectivity index (χ3v) is 2.26. The van der Waals surface area contributed by atoms with Gasteiger partial charge in [-0.15, -0.1) is 0 Å². The zero-order chi connectivity index (χ0) is 13.8. The normalized spacial score (nSPS) is 10.2. The third kappa shape index (κ3) is 2.97. The number of rotatable bonds is 4. The Labute approximate surface area is 107 Å². The van der Waals surface area contributed by atoms with E-state index in [0.717, 1.165) is 6.07 Å². The molecule has 2 heterocycles. The lowest BCUT2D eigenvalue weighted by atomic mass is 10.2. The first kappa shape index (κ1) is 12.8. The van der Waals surface area contributed by atoms with Crippen LogP contribution in [0.5, 0.6) is 5.88 Å². The lowest BCUT2D eigenvalue weighted by molar-refractivity contribution is -0.143. The van der Waals surface area contributed by atoms with Crippen LogP contribution in [0.4, 0.5) is 4.39 Å². The maximum Gasteiger partial charge on any atom is 0.343 e. The highest BCUT2D eigenvalue weighted by Crippen LogP contribution is 2.22. The van der Waals surface area contributed by atoms with Crippen LogP contribution in [-0.2, 0) is 9.53 Å². The number of hydrogen-bond donors (Lipinski definition) is 1. The van der Waals surface area contributed by atoms with Crippen LogP contribution in [0.25, 0.3) is 11.3 Å². The molecule has 0 bridgehead atoms. The molecule has 2 rings (SSSR count). The second-order valence-corrected chi connectivity index (χ2v) is 3.49. The molecule has 0 aliphatic heterocycles. The second kappa shape index (κ2) is 5.34. The van der Waals surface area contributed by atoms with Crippen molar-refractivity contribution in [1.82, 2.24) is 14.9 Å². The van der Waals surface area contributed by atoms with E-state index in [1.54, 1.807) is 0 Å². The lowest BCUT2D eigenvalue weighted by Crippen LogP contribution is -2.12. The topological polar surface area (TPSA) is 86.5 Å². The first-order valence-corrected chi connectivity index (χ1v) is 5.21. The molecule has 0 unspecified atom stereocenters. The highest BCUT2D eigenvalue weighted by atomic mass is 19.1. The Morgan fingerprint density at radius 3 is 2.95 bits per heavy atom. The minimum Gasteiger partial charge on any atom is -0.466 e. The number of ether oxygens (including phenoxy) is 2. The molecule has 100 valence electrons. The van der Waals surface area contributed by atoms with Crippen LogP contribution in [-0.4, -0.2) is 39.8 Å². The van der Waals surface area contributed by atoms with E-state index in [-0.39, 0.29) is 18.2 Å². The molecule has 0 radical (unpaired) electrons. The van der Waals surface area contributed by atoms with Crippen LogP contribution < -0.4 is 4.74 Å². The molecule has 19 heavy (non-hydrogen) atoms. The predicted molar refractivity (Wildman–Crippen MR) is 60.1 cm³/mol. The Hall–Kier alpha value is -2.64. The number of esters is 1. The molecular weight excluding hydrogens is 257 g/mol. The zero-order valence-corrected chi connectivity index (χ0v) is 9.91. The Balaban J connectivity index is 2.16. The van der Waals surface area contributed by atoms with Gasteiger partial charge in [0.15, 0.2) is 6.61 Å². The van der Waals surface area contributed by atoms with E-state index in [2.05, 4.69) is 14.8 Å². The number of halogens is 1. The quantitative estimate of drug-likeness (QED) is 0.502. The van der Waals surface area contributed by atoms with Gasteiger partial charge in [-0.3, -0.25) is 0 Å². The predicted octanol–water partition coefficient (Wildman–Crippen LogP) is 0.873. The lowest BCUT2D eigenvalue weighted by Gasteiger charge is -1.98. The first-order valence-electron chi connectivity index (χ1n) is 5.21. The number of methoxy groups -OCH3 is 1. The smallest absolute Gasteiger partial charge is 0.343 e. The Kier molecular flexibility index (Phi) is 3.60. The standard InChI is InChI=1S/C11H10FN3O4/c1-18-11(16)6-19-10-4-8(15(17)14-10)7-2-3-9(12)13-5-7/h2-5,17H,6H2,1H3. The van der Waals surface area contributed by atoms with Gasteiger partial charge < -0.3 is 14.7 Å². The largest absolute Gasteiger partial charge is 0.466 e. The molecule has 8 heteroatoms. The molecule has 0 aliphatic carbocycles. The van der Waals surface area contributed by atoms with E-state index in [0.29, 0.717) is 10.4 Å². The Morgan fingerprint density at radius 1 is 1.53 bits per heavy atom. The van der Waals surface area contributed by atoms with Crippen molar-refractivity contribution in [3.8, 4) is 17.1 Å². The van der Waals surface area contributed by atoms with Gasteiger partial charge >= 0.3 is 5.97 Å². The van der Waals surface area contributed by atoms with E-state index >= 15 is 0 Å². The van der Waals surface area contributed by atoms with E-state index in [1.165, 1.54) is 25.4 Å². The van der Waals surface area contributed by atoms with Crippen LogP contribution in [0.2, 0.25) is 0 Å². The summed E-state index contributed by atoms with van der Waals surface area (Å²) in [6, 6.07) is 3.96. The molecule has 0 amide bonds. The van der Waals surface area contributed by atoms with Gasteiger partial charge in [0.05, 0.1) is 7.11 Å². The van der Waals surface area contributed by atoms with Gasteiger partial charge in [0.1, 0.15) is 5.69 Å². The molecule has 0 aliphatic rings. The monoisotopic (exact) mass is 267 g/mol. The van der Waals surface area contributed by atoms with Crippen LogP contribution in [0, 0.1) is 5.95 Å². The fourth-order valence-corrected chi connectivity index (χ4v) is 1.34. The van der Waals surface area contributed by atoms with Crippen molar-refractivity contribution in [3.63, 3.8) is 0 Å². The summed E-state index contributed by atoms with van der Waals surface area (Å²) in [7, 11) is 1.23. The molecule has 0 saturated carbocycles. The average molecular weight is 267 g/mol. The summed E-state index contributed by atoms with van der Waals surface area (Å²) in [6.45, 7) is -0.325. The first-order chi connectivity index (χ1) is 9.10. The fourth-order valence-electron chi connectivity index (χ4n) is 1.34. The van der Waals surface area contributed by atoms with Gasteiger partial charge in [-0.25, -0.2) is 9.78 Å². The third-order valence-electron chi connectivity index (χ3n) is 2.26. The van der Waals surface area contributed by atoms with Gasteiger partial charge in [0.2, 0.25) is 11.8 Å². The summed E-state index contributed by atoms with van der Waals surface area (Å²) in [6.07, 6.45) is 1.24. The molecule has 0 spiro atoms. The van der Waals surface area contributed by atoms with Crippen LogP contribution in [0.1, 0.15) is 0 Å². The van der Waals surface area contributed by atoms with Crippen LogP contribution >= 0.6 is 0 Å². The van der Waals surface area contributed by atoms with Gasteiger partial charge in [0, 0.05) is 17.8 Å². The molecule has 0 aromatic carbocycles. The molecule has 7 nitrogen and oxygen atoms in total. The van der Waals surface area contributed by atoms with Gasteiger partial charge in [-0.05, 0) is 12.1 Å². The van der Waals surface area contributed by atoms with Crippen molar-refractivity contribution in [2.24, 2.45) is 0 Å². The maximum atomic E-state index is 12.7. The molecule has 2 aromatic heterocycles. The summed E-state index contributed by atoms with van der Waals surface area (Å²) < 4.78 is 22.1. The van der Waals surface area contributed by atoms with Crippen molar-refractivity contribution in [1.29, 1.82) is 0 Å². The molecular formula is C11H10FN3O4. The highest BCUT2D eigenvalue weighted by molar-refractivity contribution is 5.70. The van der Waals surface area contributed by atoms with Gasteiger partial charge in [-0.1, -0.05) is 9.94 Å². The molecule has 0 fully saturated rings. The zero-order valence-electron chi connectivity index (χ0n) is 9.91. The van der Waals surface area contributed by atoms with Gasteiger partial charge in [0.25, 0.3) is 0 Å². The average Bonchev–Trinajstić information content (AvgIpc) is 2.78. The number of aromatic nitrogens is 3. The summed E-state index contributed by atoms with van der Waals surface area (Å²) in [4.78, 5) is 14.9. The van der Waals surface area contributed by atoms with Crippen molar-refractivity contribution in [3.05, 3.63) is 30.3 Å². The number of pyridine rings is 1. The minimum absolute atomic E-state index is 0.0345. The summed E-state index contributed by atoms with van der Waals surface area (Å²) >= 11 is 0. The van der Waals surface area contributed by atoms with E-state index in [1.807, 2.05) is 0 Å².